The van der Waals surface area contributed by atoms with Gasteiger partial charge in [-0.1, -0.05) is 6.07 Å². The van der Waals surface area contributed by atoms with Crippen molar-refractivity contribution in [1.82, 2.24) is 5.32 Å². The van der Waals surface area contributed by atoms with Crippen LogP contribution in [0, 0.1) is 5.82 Å². The molecule has 0 unspecified atom stereocenters. The zero-order valence-corrected chi connectivity index (χ0v) is 9.46. The largest absolute Gasteiger partial charge is 0.368 e. The molecule has 2 aliphatic rings. The maximum Gasteiger partial charge on any atom is 0.149 e. The van der Waals surface area contributed by atoms with Crippen molar-refractivity contribution in [2.24, 2.45) is 0 Å². The van der Waals surface area contributed by atoms with Crippen molar-refractivity contribution in [2.45, 2.75) is 31.2 Å². The van der Waals surface area contributed by atoms with Gasteiger partial charge in [-0.15, -0.1) is 0 Å². The second kappa shape index (κ2) is 4.35. The molecule has 92 valence electrons. The van der Waals surface area contributed by atoms with Gasteiger partial charge in [0, 0.05) is 6.04 Å². The first-order valence-corrected chi connectivity index (χ1v) is 6.04. The molecule has 3 atom stereocenters. The molecule has 0 bridgehead atoms. The number of ether oxygens (including phenoxy) is 1. The fourth-order valence-electron chi connectivity index (χ4n) is 2.75. The van der Waals surface area contributed by atoms with E-state index in [1.54, 1.807) is 6.07 Å². The topological polar surface area (TPSA) is 21.3 Å². The number of rotatable bonds is 1. The molecule has 1 fully saturated rings. The Morgan fingerprint density at radius 3 is 2.94 bits per heavy atom. The van der Waals surface area contributed by atoms with E-state index in [2.05, 4.69) is 5.32 Å². The summed E-state index contributed by atoms with van der Waals surface area (Å²) in [7, 11) is 0. The number of benzene rings is 1. The highest BCUT2D eigenvalue weighted by Gasteiger charge is 2.34. The summed E-state index contributed by atoms with van der Waals surface area (Å²) in [4.78, 5) is 0. The predicted molar refractivity (Wildman–Crippen MR) is 60.0 cm³/mol. The van der Waals surface area contributed by atoms with Gasteiger partial charge in [0.1, 0.15) is 12.0 Å². The second-order valence-corrected chi connectivity index (χ2v) is 4.70. The van der Waals surface area contributed by atoms with Gasteiger partial charge in [0.2, 0.25) is 0 Å². The fraction of sp³-hybridized carbons (Fsp3) is 0.538. The Morgan fingerprint density at radius 1 is 1.29 bits per heavy atom. The van der Waals surface area contributed by atoms with Crippen molar-refractivity contribution in [3.63, 3.8) is 0 Å². The number of fused-ring (bicyclic) bond motifs is 1. The SMILES string of the molecule is Fc1ccc2c(c1)[C@H](F)CO[C@H]2[C@@H]1CCCN1. The zero-order valence-electron chi connectivity index (χ0n) is 9.46. The number of hydrogen-bond acceptors (Lipinski definition) is 2. The third-order valence-electron chi connectivity index (χ3n) is 3.58. The van der Waals surface area contributed by atoms with Crippen LogP contribution in [-0.4, -0.2) is 19.2 Å². The van der Waals surface area contributed by atoms with Crippen LogP contribution < -0.4 is 5.32 Å². The van der Waals surface area contributed by atoms with Gasteiger partial charge < -0.3 is 10.1 Å². The summed E-state index contributed by atoms with van der Waals surface area (Å²) in [6.45, 7) is 0.999. The van der Waals surface area contributed by atoms with Gasteiger partial charge in [-0.25, -0.2) is 8.78 Å². The first-order chi connectivity index (χ1) is 8.25. The smallest absolute Gasteiger partial charge is 0.149 e. The van der Waals surface area contributed by atoms with Crippen LogP contribution in [0.2, 0.25) is 0 Å². The van der Waals surface area contributed by atoms with E-state index in [1.165, 1.54) is 12.1 Å². The molecule has 0 amide bonds. The molecule has 17 heavy (non-hydrogen) atoms. The average Bonchev–Trinajstić information content (AvgIpc) is 2.84. The van der Waals surface area contributed by atoms with Gasteiger partial charge in [0.15, 0.2) is 0 Å². The molecule has 3 rings (SSSR count). The van der Waals surface area contributed by atoms with Gasteiger partial charge in [-0.2, -0.15) is 0 Å². The minimum absolute atomic E-state index is 0.0271. The molecular formula is C13H15F2NO. The molecule has 0 saturated carbocycles. The maximum absolute atomic E-state index is 13.7. The van der Waals surface area contributed by atoms with E-state index in [9.17, 15) is 8.78 Å². The Hall–Kier alpha value is -1.00. The van der Waals surface area contributed by atoms with Crippen LogP contribution >= 0.6 is 0 Å². The third-order valence-corrected chi connectivity index (χ3v) is 3.58. The van der Waals surface area contributed by atoms with Gasteiger partial charge in [0.05, 0.1) is 12.7 Å². The van der Waals surface area contributed by atoms with Crippen LogP contribution in [-0.2, 0) is 4.74 Å². The minimum Gasteiger partial charge on any atom is -0.368 e. The van der Waals surface area contributed by atoms with Crippen molar-refractivity contribution >= 4 is 0 Å². The van der Waals surface area contributed by atoms with Crippen LogP contribution in [0.5, 0.6) is 0 Å². The van der Waals surface area contributed by atoms with Crippen molar-refractivity contribution in [3.05, 3.63) is 35.1 Å². The number of alkyl halides is 1. The van der Waals surface area contributed by atoms with E-state index < -0.39 is 6.17 Å². The number of hydrogen-bond donors (Lipinski definition) is 1. The summed E-state index contributed by atoms with van der Waals surface area (Å²) in [6.07, 6.45) is 0.789. The highest BCUT2D eigenvalue weighted by atomic mass is 19.1. The average molecular weight is 239 g/mol. The Kier molecular flexibility index (Phi) is 2.84. The molecule has 1 aromatic rings. The van der Waals surface area contributed by atoms with Gasteiger partial charge in [-0.05, 0) is 42.6 Å². The van der Waals surface area contributed by atoms with Crippen molar-refractivity contribution in [3.8, 4) is 0 Å². The molecule has 0 aromatic heterocycles. The van der Waals surface area contributed by atoms with E-state index in [-0.39, 0.29) is 24.6 Å². The lowest BCUT2D eigenvalue weighted by atomic mass is 9.91. The van der Waals surface area contributed by atoms with Crippen molar-refractivity contribution in [2.75, 3.05) is 13.2 Å². The fourth-order valence-corrected chi connectivity index (χ4v) is 2.75. The monoisotopic (exact) mass is 239 g/mol. The summed E-state index contributed by atoms with van der Waals surface area (Å²) in [5.74, 6) is -0.383. The Morgan fingerprint density at radius 2 is 2.18 bits per heavy atom. The molecule has 0 radical (unpaired) electrons. The molecule has 1 aromatic carbocycles. The molecule has 1 N–H and O–H groups in total. The molecule has 1 saturated heterocycles. The standard InChI is InChI=1S/C13H15F2NO/c14-8-3-4-9-10(6-8)11(15)7-17-13(9)12-2-1-5-16-12/h3-4,6,11-13,16H,1-2,5,7H2/t11-,12+,13-/m1/s1. The van der Waals surface area contributed by atoms with E-state index in [1.807, 2.05) is 0 Å². The van der Waals surface area contributed by atoms with Crippen molar-refractivity contribution in [1.29, 1.82) is 0 Å². The summed E-state index contributed by atoms with van der Waals surface area (Å²) in [5, 5.41) is 3.36. The molecule has 2 nitrogen and oxygen atoms in total. The molecule has 0 aliphatic carbocycles. The Labute approximate surface area is 99.0 Å². The zero-order chi connectivity index (χ0) is 11.8. The second-order valence-electron chi connectivity index (χ2n) is 4.70. The van der Waals surface area contributed by atoms with Crippen LogP contribution in [0.25, 0.3) is 0 Å². The van der Waals surface area contributed by atoms with Crippen LogP contribution in [0.1, 0.15) is 36.2 Å². The molecule has 2 aliphatic heterocycles. The third kappa shape index (κ3) is 1.96. The van der Waals surface area contributed by atoms with Crippen molar-refractivity contribution < 1.29 is 13.5 Å². The minimum atomic E-state index is -1.21. The molecule has 4 heteroatoms. The van der Waals surface area contributed by atoms with Gasteiger partial charge in [-0.3, -0.25) is 0 Å². The van der Waals surface area contributed by atoms with Crippen LogP contribution in [0.3, 0.4) is 0 Å². The van der Waals surface area contributed by atoms with E-state index in [4.69, 9.17) is 4.74 Å². The first kappa shape index (κ1) is 11.1. The highest BCUT2D eigenvalue weighted by Crippen LogP contribution is 2.38. The van der Waals surface area contributed by atoms with Crippen LogP contribution in [0.15, 0.2) is 18.2 Å². The lowest BCUT2D eigenvalue weighted by Crippen LogP contribution is -2.34. The van der Waals surface area contributed by atoms with Gasteiger partial charge >= 0.3 is 0 Å². The Bertz CT molecular complexity index is 418. The van der Waals surface area contributed by atoms with E-state index in [0.717, 1.165) is 24.9 Å². The molecular weight excluding hydrogens is 224 g/mol. The number of halogens is 2. The summed E-state index contributed by atoms with van der Waals surface area (Å²) in [6, 6.07) is 4.56. The molecule has 0 spiro atoms. The summed E-state index contributed by atoms with van der Waals surface area (Å²) < 4.78 is 32.4. The lowest BCUT2D eigenvalue weighted by molar-refractivity contribution is -0.0180. The van der Waals surface area contributed by atoms with Gasteiger partial charge in [0.25, 0.3) is 0 Å². The van der Waals surface area contributed by atoms with E-state index in [0.29, 0.717) is 5.56 Å². The number of nitrogens with one attached hydrogen (secondary N) is 1. The normalized spacial score (nSPS) is 32.5. The predicted octanol–water partition coefficient (Wildman–Crippen LogP) is 2.66. The summed E-state index contributed by atoms with van der Waals surface area (Å²) in [5.41, 5.74) is 1.25. The quantitative estimate of drug-likeness (QED) is 0.813. The maximum atomic E-state index is 13.7. The lowest BCUT2D eigenvalue weighted by Gasteiger charge is -2.32. The Balaban J connectivity index is 1.96. The van der Waals surface area contributed by atoms with Crippen LogP contribution in [0.4, 0.5) is 8.78 Å². The van der Waals surface area contributed by atoms with E-state index >= 15 is 0 Å². The first-order valence-electron chi connectivity index (χ1n) is 6.04. The molecule has 2 heterocycles. The summed E-state index contributed by atoms with van der Waals surface area (Å²) >= 11 is 0. The highest BCUT2D eigenvalue weighted by molar-refractivity contribution is 5.34.